The molecule has 1 aliphatic carbocycles. The molecule has 0 heterocycles. The fourth-order valence-corrected chi connectivity index (χ4v) is 3.66. The van der Waals surface area contributed by atoms with Gasteiger partial charge in [0.1, 0.15) is 0 Å². The molecule has 1 saturated carbocycles. The van der Waals surface area contributed by atoms with E-state index in [-0.39, 0.29) is 11.7 Å². The summed E-state index contributed by atoms with van der Waals surface area (Å²) in [5.41, 5.74) is 1.06. The van der Waals surface area contributed by atoms with Gasteiger partial charge in [0, 0.05) is 37.0 Å². The number of carbonyl (C=O) groups excluding carboxylic acids is 1. The predicted octanol–water partition coefficient (Wildman–Crippen LogP) is 3.06. The number of urea groups is 1. The van der Waals surface area contributed by atoms with Crippen LogP contribution in [0.4, 0.5) is 10.5 Å². The zero-order valence-electron chi connectivity index (χ0n) is 13.5. The number of amides is 2. The third kappa shape index (κ3) is 4.86. The van der Waals surface area contributed by atoms with Crippen LogP contribution in [0.2, 0.25) is 0 Å². The molecule has 2 atom stereocenters. The molecular formula is C16H23N3O3S. The number of nitro benzene ring substituents is 1. The summed E-state index contributed by atoms with van der Waals surface area (Å²) in [4.78, 5) is 24.2. The molecule has 0 aromatic heterocycles. The smallest absolute Gasteiger partial charge is 0.317 e. The van der Waals surface area contributed by atoms with Gasteiger partial charge in [-0.05, 0) is 37.5 Å². The Bertz CT molecular complexity index is 550. The van der Waals surface area contributed by atoms with E-state index in [1.54, 1.807) is 12.1 Å². The van der Waals surface area contributed by atoms with Crippen LogP contribution >= 0.6 is 11.8 Å². The van der Waals surface area contributed by atoms with Crippen molar-refractivity contribution in [3.8, 4) is 0 Å². The lowest BCUT2D eigenvalue weighted by Gasteiger charge is -2.25. The molecule has 23 heavy (non-hydrogen) atoms. The monoisotopic (exact) mass is 337 g/mol. The SMILES string of the molecule is CSC1CCC(N(C)C(=O)NCCc2ccc([N+](=O)[O-])cc2)C1. The lowest BCUT2D eigenvalue weighted by molar-refractivity contribution is -0.384. The predicted molar refractivity (Wildman–Crippen MR) is 92.9 cm³/mol. The van der Waals surface area contributed by atoms with Crippen molar-refractivity contribution in [2.45, 2.75) is 37.0 Å². The molecule has 1 aliphatic rings. The number of hydrogen-bond acceptors (Lipinski definition) is 4. The minimum atomic E-state index is -0.413. The van der Waals surface area contributed by atoms with E-state index in [4.69, 9.17) is 0 Å². The summed E-state index contributed by atoms with van der Waals surface area (Å²) in [5.74, 6) is 0. The Morgan fingerprint density at radius 2 is 2.09 bits per heavy atom. The van der Waals surface area contributed by atoms with E-state index in [0.717, 1.165) is 18.4 Å². The Balaban J connectivity index is 1.75. The minimum absolute atomic E-state index is 0.0429. The molecule has 7 heteroatoms. The Hall–Kier alpha value is -1.76. The van der Waals surface area contributed by atoms with Gasteiger partial charge in [-0.1, -0.05) is 12.1 Å². The molecule has 0 radical (unpaired) electrons. The fraction of sp³-hybridized carbons (Fsp3) is 0.562. The molecular weight excluding hydrogens is 314 g/mol. The molecule has 1 aromatic rings. The van der Waals surface area contributed by atoms with E-state index in [0.29, 0.717) is 24.3 Å². The topological polar surface area (TPSA) is 75.5 Å². The maximum atomic E-state index is 12.2. The van der Waals surface area contributed by atoms with E-state index in [9.17, 15) is 14.9 Å². The highest BCUT2D eigenvalue weighted by atomic mass is 32.2. The van der Waals surface area contributed by atoms with Crippen LogP contribution in [0.25, 0.3) is 0 Å². The zero-order chi connectivity index (χ0) is 16.8. The van der Waals surface area contributed by atoms with E-state index in [2.05, 4.69) is 11.6 Å². The Labute approximate surface area is 140 Å². The van der Waals surface area contributed by atoms with Crippen LogP contribution in [-0.4, -0.2) is 47.0 Å². The quantitative estimate of drug-likeness (QED) is 0.639. The standard InChI is InChI=1S/C16H23N3O3S/c1-18(14-7-8-15(11-14)23-2)16(20)17-10-9-12-3-5-13(6-4-12)19(21)22/h3-6,14-15H,7-11H2,1-2H3,(H,17,20). The van der Waals surface area contributed by atoms with Crippen LogP contribution < -0.4 is 5.32 Å². The van der Waals surface area contributed by atoms with E-state index < -0.39 is 4.92 Å². The first-order chi connectivity index (χ1) is 11.0. The average Bonchev–Trinajstić information content (AvgIpc) is 3.03. The van der Waals surface area contributed by atoms with Crippen molar-refractivity contribution in [1.82, 2.24) is 10.2 Å². The summed E-state index contributed by atoms with van der Waals surface area (Å²) in [6.45, 7) is 0.527. The number of nitrogens with one attached hydrogen (secondary N) is 1. The van der Waals surface area contributed by atoms with Crippen molar-refractivity contribution < 1.29 is 9.72 Å². The molecule has 6 nitrogen and oxygen atoms in total. The molecule has 0 saturated heterocycles. The lowest BCUT2D eigenvalue weighted by Crippen LogP contribution is -2.43. The highest BCUT2D eigenvalue weighted by Crippen LogP contribution is 2.30. The van der Waals surface area contributed by atoms with Gasteiger partial charge in [0.15, 0.2) is 0 Å². The molecule has 1 aromatic carbocycles. The van der Waals surface area contributed by atoms with Crippen molar-refractivity contribution in [3.05, 3.63) is 39.9 Å². The van der Waals surface area contributed by atoms with Crippen molar-refractivity contribution in [2.75, 3.05) is 19.8 Å². The summed E-state index contributed by atoms with van der Waals surface area (Å²) in [6.07, 6.45) is 6.09. The first-order valence-electron chi connectivity index (χ1n) is 7.78. The van der Waals surface area contributed by atoms with Gasteiger partial charge in [-0.3, -0.25) is 10.1 Å². The highest BCUT2D eigenvalue weighted by molar-refractivity contribution is 7.99. The molecule has 1 fully saturated rings. The summed E-state index contributed by atoms with van der Waals surface area (Å²) < 4.78 is 0. The van der Waals surface area contributed by atoms with Crippen molar-refractivity contribution in [1.29, 1.82) is 0 Å². The zero-order valence-corrected chi connectivity index (χ0v) is 14.3. The van der Waals surface area contributed by atoms with E-state index >= 15 is 0 Å². The number of nitro groups is 1. The summed E-state index contributed by atoms with van der Waals surface area (Å²) in [7, 11) is 1.86. The maximum Gasteiger partial charge on any atom is 0.317 e. The number of benzene rings is 1. The van der Waals surface area contributed by atoms with Gasteiger partial charge >= 0.3 is 6.03 Å². The molecule has 126 valence electrons. The van der Waals surface area contributed by atoms with Gasteiger partial charge in [0.05, 0.1) is 4.92 Å². The molecule has 2 rings (SSSR count). The third-order valence-corrected chi connectivity index (χ3v) is 5.49. The minimum Gasteiger partial charge on any atom is -0.338 e. The van der Waals surface area contributed by atoms with Crippen LogP contribution in [0, 0.1) is 10.1 Å². The number of carbonyl (C=O) groups is 1. The molecule has 0 spiro atoms. The molecule has 0 bridgehead atoms. The van der Waals surface area contributed by atoms with Crippen molar-refractivity contribution >= 4 is 23.5 Å². The number of thioether (sulfide) groups is 1. The normalized spacial score (nSPS) is 20.3. The largest absolute Gasteiger partial charge is 0.338 e. The van der Waals surface area contributed by atoms with Gasteiger partial charge in [-0.15, -0.1) is 0 Å². The Morgan fingerprint density at radius 3 is 2.65 bits per heavy atom. The Morgan fingerprint density at radius 1 is 1.39 bits per heavy atom. The van der Waals surface area contributed by atoms with Crippen LogP contribution in [0.15, 0.2) is 24.3 Å². The van der Waals surface area contributed by atoms with Crippen LogP contribution in [0.5, 0.6) is 0 Å². The summed E-state index contributed by atoms with van der Waals surface area (Å²) >= 11 is 1.88. The second-order valence-corrected chi connectivity index (χ2v) is 6.98. The van der Waals surface area contributed by atoms with E-state index in [1.165, 1.54) is 18.6 Å². The molecule has 2 unspecified atom stereocenters. The van der Waals surface area contributed by atoms with Gasteiger partial charge in [-0.2, -0.15) is 11.8 Å². The van der Waals surface area contributed by atoms with Crippen LogP contribution in [0.3, 0.4) is 0 Å². The fourth-order valence-electron chi connectivity index (χ4n) is 2.87. The van der Waals surface area contributed by atoms with Gasteiger partial charge < -0.3 is 10.2 Å². The first kappa shape index (κ1) is 17.6. The molecule has 0 aliphatic heterocycles. The van der Waals surface area contributed by atoms with Gasteiger partial charge in [0.25, 0.3) is 5.69 Å². The van der Waals surface area contributed by atoms with Gasteiger partial charge in [-0.25, -0.2) is 4.79 Å². The number of rotatable bonds is 6. The van der Waals surface area contributed by atoms with Gasteiger partial charge in [0.2, 0.25) is 0 Å². The second-order valence-electron chi connectivity index (χ2n) is 5.84. The van der Waals surface area contributed by atoms with Crippen LogP contribution in [-0.2, 0) is 6.42 Å². The maximum absolute atomic E-state index is 12.2. The third-order valence-electron chi connectivity index (χ3n) is 4.40. The second kappa shape index (κ2) is 8.19. The van der Waals surface area contributed by atoms with Crippen molar-refractivity contribution in [3.63, 3.8) is 0 Å². The van der Waals surface area contributed by atoms with Crippen molar-refractivity contribution in [2.24, 2.45) is 0 Å². The number of non-ortho nitro benzene ring substituents is 1. The van der Waals surface area contributed by atoms with Crippen LogP contribution in [0.1, 0.15) is 24.8 Å². The number of hydrogen-bond donors (Lipinski definition) is 1. The summed E-state index contributed by atoms with van der Waals surface area (Å²) in [5, 5.41) is 14.2. The molecule has 1 N–H and O–H groups in total. The lowest BCUT2D eigenvalue weighted by atomic mass is 10.1. The number of nitrogens with zero attached hydrogens (tertiary/aromatic N) is 2. The highest BCUT2D eigenvalue weighted by Gasteiger charge is 2.29. The summed E-state index contributed by atoms with van der Waals surface area (Å²) in [6, 6.07) is 6.72. The first-order valence-corrected chi connectivity index (χ1v) is 9.07. The Kier molecular flexibility index (Phi) is 6.27. The van der Waals surface area contributed by atoms with E-state index in [1.807, 2.05) is 23.7 Å². The molecule has 2 amide bonds. The average molecular weight is 337 g/mol.